The normalized spacial score (nSPS) is 11.6. The van der Waals surface area contributed by atoms with Crippen LogP contribution >= 0.6 is 0 Å². The highest BCUT2D eigenvalue weighted by Gasteiger charge is 2.31. The summed E-state index contributed by atoms with van der Waals surface area (Å²) >= 11 is 0. The fourth-order valence-electron chi connectivity index (χ4n) is 6.52. The van der Waals surface area contributed by atoms with Gasteiger partial charge in [0.2, 0.25) is 0 Å². The molecular formula is C46H34F6N4O4. The molecule has 0 bridgehead atoms. The Morgan fingerprint density at radius 1 is 0.500 bits per heavy atom. The number of aromatic nitrogens is 4. The lowest BCUT2D eigenvalue weighted by atomic mass is 10.1. The molecule has 0 aliphatic carbocycles. The average Bonchev–Trinajstić information content (AvgIpc) is 3.83. The van der Waals surface area contributed by atoms with Crippen molar-refractivity contribution in [3.63, 3.8) is 0 Å². The zero-order chi connectivity index (χ0) is 42.6. The molecule has 8 aromatic rings. The van der Waals surface area contributed by atoms with Crippen LogP contribution in [-0.2, 0) is 21.8 Å². The third-order valence-electron chi connectivity index (χ3n) is 9.30. The van der Waals surface area contributed by atoms with E-state index in [1.165, 1.54) is 24.3 Å². The third kappa shape index (κ3) is 8.63. The molecule has 0 saturated heterocycles. The van der Waals surface area contributed by atoms with Crippen molar-refractivity contribution >= 4 is 34.0 Å². The van der Waals surface area contributed by atoms with Gasteiger partial charge in [0.05, 0.1) is 57.5 Å². The van der Waals surface area contributed by atoms with E-state index in [9.17, 15) is 35.9 Å². The minimum absolute atomic E-state index is 0.256. The van der Waals surface area contributed by atoms with Gasteiger partial charge in [-0.1, -0.05) is 60.7 Å². The van der Waals surface area contributed by atoms with Crippen molar-refractivity contribution < 1.29 is 45.4 Å². The standard InChI is InChI=1S/2C23H17F3N2O2/c2*1-2-30-22(29)16-10-13-20-19(14-16)27-21(28(20)18-6-4-3-5-7-18)15-8-11-17(12-9-15)23(24,25)26/h2*3-14H,2H2,1H3. The lowest BCUT2D eigenvalue weighted by Gasteiger charge is -2.11. The first-order valence-corrected chi connectivity index (χ1v) is 18.6. The van der Waals surface area contributed by atoms with Gasteiger partial charge in [-0.3, -0.25) is 9.13 Å². The summed E-state index contributed by atoms with van der Waals surface area (Å²) in [6, 6.07) is 38.6. The second-order valence-electron chi connectivity index (χ2n) is 13.2. The van der Waals surface area contributed by atoms with Gasteiger partial charge in [-0.05, 0) is 98.8 Å². The first kappa shape index (κ1) is 41.0. The van der Waals surface area contributed by atoms with Crippen LogP contribution in [0.3, 0.4) is 0 Å². The van der Waals surface area contributed by atoms with Crippen molar-refractivity contribution in [2.24, 2.45) is 0 Å². The molecule has 0 unspecified atom stereocenters. The van der Waals surface area contributed by atoms with Crippen LogP contribution < -0.4 is 0 Å². The van der Waals surface area contributed by atoms with Gasteiger partial charge >= 0.3 is 24.3 Å². The predicted octanol–water partition coefficient (Wildman–Crippen LogP) is 11.8. The molecule has 0 spiro atoms. The summed E-state index contributed by atoms with van der Waals surface area (Å²) in [5.41, 5.74) is 4.48. The van der Waals surface area contributed by atoms with Gasteiger partial charge in [0, 0.05) is 22.5 Å². The van der Waals surface area contributed by atoms with E-state index in [0.717, 1.165) is 46.7 Å². The fraction of sp³-hybridized carbons (Fsp3) is 0.130. The van der Waals surface area contributed by atoms with Gasteiger partial charge in [-0.25, -0.2) is 19.6 Å². The van der Waals surface area contributed by atoms with Crippen molar-refractivity contribution in [3.05, 3.63) is 168 Å². The molecule has 2 heterocycles. The molecule has 0 aliphatic heterocycles. The van der Waals surface area contributed by atoms with Gasteiger partial charge in [0.25, 0.3) is 0 Å². The lowest BCUT2D eigenvalue weighted by molar-refractivity contribution is -0.138. The zero-order valence-electron chi connectivity index (χ0n) is 32.0. The molecule has 0 radical (unpaired) electrons. The van der Waals surface area contributed by atoms with E-state index in [1.54, 1.807) is 50.2 Å². The number of hydrogen-bond acceptors (Lipinski definition) is 6. The highest BCUT2D eigenvalue weighted by atomic mass is 19.4. The lowest BCUT2D eigenvalue weighted by Crippen LogP contribution is -2.04. The number of rotatable bonds is 8. The first-order valence-electron chi connectivity index (χ1n) is 18.6. The topological polar surface area (TPSA) is 88.2 Å². The number of carbonyl (C=O) groups excluding carboxylic acids is 2. The van der Waals surface area contributed by atoms with Crippen LogP contribution in [-0.4, -0.2) is 44.3 Å². The Kier molecular flexibility index (Phi) is 11.6. The van der Waals surface area contributed by atoms with Crippen molar-refractivity contribution in [2.75, 3.05) is 13.2 Å². The minimum Gasteiger partial charge on any atom is -0.462 e. The molecule has 60 heavy (non-hydrogen) atoms. The molecule has 2 aromatic heterocycles. The quantitative estimate of drug-likeness (QED) is 0.112. The van der Waals surface area contributed by atoms with Crippen LogP contribution in [0.2, 0.25) is 0 Å². The number of benzene rings is 6. The number of esters is 2. The summed E-state index contributed by atoms with van der Waals surface area (Å²) in [6.45, 7) is 3.96. The molecule has 14 heteroatoms. The summed E-state index contributed by atoms with van der Waals surface area (Å²) in [5, 5.41) is 0. The Labute approximate surface area is 339 Å². The second kappa shape index (κ2) is 16.9. The van der Waals surface area contributed by atoms with Crippen molar-refractivity contribution in [1.82, 2.24) is 19.1 Å². The second-order valence-corrected chi connectivity index (χ2v) is 13.2. The van der Waals surface area contributed by atoms with E-state index in [4.69, 9.17) is 9.47 Å². The fourth-order valence-corrected chi connectivity index (χ4v) is 6.52. The molecule has 8 rings (SSSR count). The first-order chi connectivity index (χ1) is 28.8. The Bertz CT molecular complexity index is 2590. The molecule has 0 aliphatic rings. The molecule has 0 fully saturated rings. The van der Waals surface area contributed by atoms with Gasteiger partial charge < -0.3 is 9.47 Å². The third-order valence-corrected chi connectivity index (χ3v) is 9.30. The molecule has 0 saturated carbocycles. The van der Waals surface area contributed by atoms with Crippen LogP contribution in [0.4, 0.5) is 26.3 Å². The molecule has 304 valence electrons. The van der Waals surface area contributed by atoms with Crippen molar-refractivity contribution in [3.8, 4) is 34.2 Å². The zero-order valence-corrected chi connectivity index (χ0v) is 32.0. The summed E-state index contributed by atoms with van der Waals surface area (Å²) in [5.74, 6) is 0.0475. The minimum atomic E-state index is -4.41. The number of hydrogen-bond donors (Lipinski definition) is 0. The SMILES string of the molecule is CCOC(=O)c1ccc2c(c1)nc(-c1ccc(C(F)(F)F)cc1)n2-c1ccccc1.CCOC(=O)c1ccc2c(c1)nc(-c1ccc(C(F)(F)F)cc1)n2-c1ccccc1. The summed E-state index contributed by atoms with van der Waals surface area (Å²) in [7, 11) is 0. The maximum absolute atomic E-state index is 13.0. The summed E-state index contributed by atoms with van der Waals surface area (Å²) in [4.78, 5) is 33.4. The maximum Gasteiger partial charge on any atom is 0.416 e. The van der Waals surface area contributed by atoms with Crippen LogP contribution in [0.5, 0.6) is 0 Å². The van der Waals surface area contributed by atoms with Crippen LogP contribution in [0.25, 0.3) is 56.2 Å². The van der Waals surface area contributed by atoms with Crippen LogP contribution in [0, 0.1) is 0 Å². The van der Waals surface area contributed by atoms with E-state index >= 15 is 0 Å². The number of fused-ring (bicyclic) bond motifs is 2. The van der Waals surface area contributed by atoms with E-state index in [2.05, 4.69) is 9.97 Å². The van der Waals surface area contributed by atoms with Crippen molar-refractivity contribution in [2.45, 2.75) is 26.2 Å². The number of ether oxygens (including phenoxy) is 2. The maximum atomic E-state index is 13.0. The Balaban J connectivity index is 0.000000181. The smallest absolute Gasteiger partial charge is 0.416 e. The van der Waals surface area contributed by atoms with E-state index in [0.29, 0.717) is 44.9 Å². The van der Waals surface area contributed by atoms with E-state index < -0.39 is 35.4 Å². The molecule has 8 nitrogen and oxygen atoms in total. The number of halogens is 6. The average molecular weight is 821 g/mol. The largest absolute Gasteiger partial charge is 0.462 e. The highest BCUT2D eigenvalue weighted by Crippen LogP contribution is 2.35. The predicted molar refractivity (Wildman–Crippen MR) is 215 cm³/mol. The van der Waals surface area contributed by atoms with E-state index in [1.807, 2.05) is 69.8 Å². The van der Waals surface area contributed by atoms with Crippen LogP contribution in [0.15, 0.2) is 146 Å². The Hall–Kier alpha value is -7.22. The Morgan fingerprint density at radius 2 is 0.850 bits per heavy atom. The van der Waals surface area contributed by atoms with Gasteiger partial charge in [-0.2, -0.15) is 26.3 Å². The number of para-hydroxylation sites is 2. The molecule has 0 N–H and O–H groups in total. The molecule has 0 atom stereocenters. The monoisotopic (exact) mass is 820 g/mol. The molecular weight excluding hydrogens is 787 g/mol. The number of carbonyl (C=O) groups is 2. The van der Waals surface area contributed by atoms with Crippen molar-refractivity contribution in [1.29, 1.82) is 0 Å². The van der Waals surface area contributed by atoms with Crippen LogP contribution in [0.1, 0.15) is 45.7 Å². The molecule has 0 amide bonds. The van der Waals surface area contributed by atoms with E-state index in [-0.39, 0.29) is 13.2 Å². The number of alkyl halides is 6. The number of nitrogens with zero attached hydrogens (tertiary/aromatic N) is 4. The van der Waals surface area contributed by atoms with Gasteiger partial charge in [-0.15, -0.1) is 0 Å². The highest BCUT2D eigenvalue weighted by molar-refractivity contribution is 5.96. The van der Waals surface area contributed by atoms with Gasteiger partial charge in [0.1, 0.15) is 11.6 Å². The number of imidazole rings is 2. The van der Waals surface area contributed by atoms with Gasteiger partial charge in [0.15, 0.2) is 0 Å². The molecule has 6 aromatic carbocycles. The summed E-state index contributed by atoms with van der Waals surface area (Å²) < 4.78 is 91.5. The Morgan fingerprint density at radius 3 is 1.17 bits per heavy atom. The summed E-state index contributed by atoms with van der Waals surface area (Å²) in [6.07, 6.45) is -8.82.